The number of rotatable bonds is 5. The SMILES string of the molecule is C=C(C)CCC(=O)/C=C/c1ccc(N)cc1. The Morgan fingerprint density at radius 2 is 1.94 bits per heavy atom. The van der Waals surface area contributed by atoms with Gasteiger partial charge in [-0.25, -0.2) is 0 Å². The Morgan fingerprint density at radius 1 is 1.31 bits per heavy atom. The Balaban J connectivity index is 2.50. The maximum atomic E-state index is 11.4. The maximum absolute atomic E-state index is 11.4. The number of nitrogen functional groups attached to an aromatic ring is 1. The minimum atomic E-state index is 0.125. The summed E-state index contributed by atoms with van der Waals surface area (Å²) in [5, 5.41) is 0. The number of allylic oxidation sites excluding steroid dienone is 2. The van der Waals surface area contributed by atoms with Crippen molar-refractivity contribution >= 4 is 17.5 Å². The monoisotopic (exact) mass is 215 g/mol. The first kappa shape index (κ1) is 12.2. The van der Waals surface area contributed by atoms with Crippen molar-refractivity contribution in [1.82, 2.24) is 0 Å². The van der Waals surface area contributed by atoms with E-state index in [4.69, 9.17) is 5.73 Å². The molecule has 0 fully saturated rings. The molecule has 2 N–H and O–H groups in total. The Bertz CT molecular complexity index is 401. The molecule has 1 rings (SSSR count). The van der Waals surface area contributed by atoms with Gasteiger partial charge in [-0.15, -0.1) is 6.58 Å². The lowest BCUT2D eigenvalue weighted by molar-refractivity contribution is -0.114. The van der Waals surface area contributed by atoms with Gasteiger partial charge in [0, 0.05) is 12.1 Å². The molecule has 0 aliphatic rings. The van der Waals surface area contributed by atoms with E-state index in [0.29, 0.717) is 6.42 Å². The van der Waals surface area contributed by atoms with Crippen LogP contribution in [0.5, 0.6) is 0 Å². The number of anilines is 1. The summed E-state index contributed by atoms with van der Waals surface area (Å²) < 4.78 is 0. The minimum Gasteiger partial charge on any atom is -0.399 e. The van der Waals surface area contributed by atoms with Crippen LogP contribution < -0.4 is 5.73 Å². The molecule has 1 aromatic carbocycles. The number of carbonyl (C=O) groups excluding carboxylic acids is 1. The highest BCUT2D eigenvalue weighted by atomic mass is 16.1. The van der Waals surface area contributed by atoms with Gasteiger partial charge in [-0.1, -0.05) is 23.8 Å². The van der Waals surface area contributed by atoms with Gasteiger partial charge in [-0.2, -0.15) is 0 Å². The Kier molecular flexibility index (Phi) is 4.52. The highest BCUT2D eigenvalue weighted by Gasteiger charge is 1.96. The number of carbonyl (C=O) groups is 1. The highest BCUT2D eigenvalue weighted by molar-refractivity contribution is 5.93. The topological polar surface area (TPSA) is 43.1 Å². The van der Waals surface area contributed by atoms with Gasteiger partial charge in [0.15, 0.2) is 5.78 Å². The fourth-order valence-corrected chi connectivity index (χ4v) is 1.22. The number of hydrogen-bond donors (Lipinski definition) is 1. The average Bonchev–Trinajstić information content (AvgIpc) is 2.25. The molecule has 1 aromatic rings. The molecule has 0 spiro atoms. The van der Waals surface area contributed by atoms with Crippen molar-refractivity contribution in [2.75, 3.05) is 5.73 Å². The van der Waals surface area contributed by atoms with Crippen LogP contribution in [0, 0.1) is 0 Å². The molecular weight excluding hydrogens is 198 g/mol. The fraction of sp³-hybridized carbons (Fsp3) is 0.214. The third-order valence-electron chi connectivity index (χ3n) is 2.20. The lowest BCUT2D eigenvalue weighted by atomic mass is 10.1. The summed E-state index contributed by atoms with van der Waals surface area (Å²) in [7, 11) is 0. The van der Waals surface area contributed by atoms with Crippen LogP contribution in [0.3, 0.4) is 0 Å². The zero-order chi connectivity index (χ0) is 12.0. The van der Waals surface area contributed by atoms with Crippen LogP contribution in [-0.4, -0.2) is 5.78 Å². The van der Waals surface area contributed by atoms with E-state index in [0.717, 1.165) is 23.2 Å². The molecule has 0 bridgehead atoms. The van der Waals surface area contributed by atoms with Crippen LogP contribution in [0.15, 0.2) is 42.5 Å². The zero-order valence-corrected chi connectivity index (χ0v) is 9.57. The second kappa shape index (κ2) is 5.91. The summed E-state index contributed by atoms with van der Waals surface area (Å²) in [6.45, 7) is 5.69. The summed E-state index contributed by atoms with van der Waals surface area (Å²) in [5.74, 6) is 0.125. The van der Waals surface area contributed by atoms with Crippen molar-refractivity contribution < 1.29 is 4.79 Å². The number of nitrogens with two attached hydrogens (primary N) is 1. The van der Waals surface area contributed by atoms with Gasteiger partial charge < -0.3 is 5.73 Å². The van der Waals surface area contributed by atoms with Crippen molar-refractivity contribution in [3.8, 4) is 0 Å². The molecule has 0 aliphatic carbocycles. The van der Waals surface area contributed by atoms with E-state index in [1.165, 1.54) is 0 Å². The van der Waals surface area contributed by atoms with Crippen molar-refractivity contribution in [2.24, 2.45) is 0 Å². The van der Waals surface area contributed by atoms with Gasteiger partial charge in [0.25, 0.3) is 0 Å². The van der Waals surface area contributed by atoms with E-state index in [1.54, 1.807) is 12.2 Å². The van der Waals surface area contributed by atoms with Crippen LogP contribution in [0.2, 0.25) is 0 Å². The molecular formula is C14H17NO. The number of hydrogen-bond acceptors (Lipinski definition) is 2. The number of benzene rings is 1. The number of ketones is 1. The zero-order valence-electron chi connectivity index (χ0n) is 9.57. The molecule has 0 unspecified atom stereocenters. The first-order valence-corrected chi connectivity index (χ1v) is 5.29. The third-order valence-corrected chi connectivity index (χ3v) is 2.20. The van der Waals surface area contributed by atoms with Gasteiger partial charge in [-0.3, -0.25) is 4.79 Å². The molecule has 0 atom stereocenters. The molecule has 0 aliphatic heterocycles. The van der Waals surface area contributed by atoms with E-state index in [-0.39, 0.29) is 5.78 Å². The maximum Gasteiger partial charge on any atom is 0.156 e. The largest absolute Gasteiger partial charge is 0.399 e. The van der Waals surface area contributed by atoms with Crippen LogP contribution in [0.4, 0.5) is 5.69 Å². The van der Waals surface area contributed by atoms with Gasteiger partial charge in [0.1, 0.15) is 0 Å². The van der Waals surface area contributed by atoms with Gasteiger partial charge in [0.2, 0.25) is 0 Å². The molecule has 84 valence electrons. The molecule has 0 aromatic heterocycles. The minimum absolute atomic E-state index is 0.125. The molecule has 0 amide bonds. The molecule has 0 saturated heterocycles. The second-order valence-electron chi connectivity index (χ2n) is 3.92. The molecule has 2 heteroatoms. The predicted molar refractivity (Wildman–Crippen MR) is 68.9 cm³/mol. The summed E-state index contributed by atoms with van der Waals surface area (Å²) in [5.41, 5.74) is 8.31. The van der Waals surface area contributed by atoms with E-state index in [2.05, 4.69) is 6.58 Å². The lowest BCUT2D eigenvalue weighted by Crippen LogP contribution is -1.92. The van der Waals surface area contributed by atoms with Crippen LogP contribution >= 0.6 is 0 Å². The fourth-order valence-electron chi connectivity index (χ4n) is 1.22. The summed E-state index contributed by atoms with van der Waals surface area (Å²) in [6, 6.07) is 7.41. The molecule has 0 saturated carbocycles. The molecule has 2 nitrogen and oxygen atoms in total. The van der Waals surface area contributed by atoms with Crippen LogP contribution in [0.1, 0.15) is 25.3 Å². The van der Waals surface area contributed by atoms with Gasteiger partial charge >= 0.3 is 0 Å². The van der Waals surface area contributed by atoms with Gasteiger partial charge in [0.05, 0.1) is 0 Å². The van der Waals surface area contributed by atoms with Crippen molar-refractivity contribution in [2.45, 2.75) is 19.8 Å². The van der Waals surface area contributed by atoms with Gasteiger partial charge in [-0.05, 0) is 37.1 Å². The normalized spacial score (nSPS) is 10.6. The van der Waals surface area contributed by atoms with E-state index < -0.39 is 0 Å². The smallest absolute Gasteiger partial charge is 0.156 e. The highest BCUT2D eigenvalue weighted by Crippen LogP contribution is 2.08. The predicted octanol–water partition coefficient (Wildman–Crippen LogP) is 3.21. The summed E-state index contributed by atoms with van der Waals surface area (Å²) in [4.78, 5) is 11.4. The van der Waals surface area contributed by atoms with Crippen LogP contribution in [-0.2, 0) is 4.79 Å². The lowest BCUT2D eigenvalue weighted by Gasteiger charge is -1.96. The van der Waals surface area contributed by atoms with Crippen molar-refractivity contribution in [3.05, 3.63) is 48.1 Å². The standard InChI is InChI=1S/C14H17NO/c1-11(2)3-9-14(16)10-6-12-4-7-13(15)8-5-12/h4-8,10H,1,3,9,15H2,2H3/b10-6+. The quantitative estimate of drug-likeness (QED) is 0.465. The second-order valence-corrected chi connectivity index (χ2v) is 3.92. The third kappa shape index (κ3) is 4.60. The van der Waals surface area contributed by atoms with E-state index in [9.17, 15) is 4.79 Å². The molecule has 0 radical (unpaired) electrons. The average molecular weight is 215 g/mol. The molecule has 0 heterocycles. The van der Waals surface area contributed by atoms with Crippen LogP contribution in [0.25, 0.3) is 6.08 Å². The van der Waals surface area contributed by atoms with Crippen molar-refractivity contribution in [1.29, 1.82) is 0 Å². The first-order valence-electron chi connectivity index (χ1n) is 5.29. The van der Waals surface area contributed by atoms with Crippen molar-refractivity contribution in [3.63, 3.8) is 0 Å². The summed E-state index contributed by atoms with van der Waals surface area (Å²) >= 11 is 0. The Morgan fingerprint density at radius 3 is 2.50 bits per heavy atom. The molecule has 16 heavy (non-hydrogen) atoms. The van der Waals surface area contributed by atoms with E-state index in [1.807, 2.05) is 31.2 Å². The summed E-state index contributed by atoms with van der Waals surface area (Å²) in [6.07, 6.45) is 4.69. The first-order chi connectivity index (χ1) is 7.58. The Labute approximate surface area is 96.5 Å². The van der Waals surface area contributed by atoms with E-state index >= 15 is 0 Å². The Hall–Kier alpha value is -1.83.